The van der Waals surface area contributed by atoms with E-state index in [1.54, 1.807) is 55.5 Å². The Morgan fingerprint density at radius 3 is 2.14 bits per heavy atom. The van der Waals surface area contributed by atoms with Crippen LogP contribution in [0.2, 0.25) is 0 Å². The van der Waals surface area contributed by atoms with Gasteiger partial charge in [0.05, 0.1) is 17.2 Å². The summed E-state index contributed by atoms with van der Waals surface area (Å²) in [7, 11) is -3.71. The van der Waals surface area contributed by atoms with Crippen molar-refractivity contribution in [3.05, 3.63) is 71.1 Å². The summed E-state index contributed by atoms with van der Waals surface area (Å²) in [6.45, 7) is 10.4. The zero-order valence-corrected chi connectivity index (χ0v) is 12.6. The molecule has 106 valence electrons. The van der Waals surface area contributed by atoms with Crippen LogP contribution in [0.15, 0.2) is 57.8 Å². The molecule has 0 spiro atoms. The summed E-state index contributed by atoms with van der Waals surface area (Å²) in [4.78, 5) is 3.46. The molecule has 21 heavy (non-hydrogen) atoms. The molecule has 0 N–H and O–H groups in total. The third kappa shape index (κ3) is 3.56. The van der Waals surface area contributed by atoms with E-state index in [4.69, 9.17) is 6.57 Å². The first-order valence-corrected chi connectivity index (χ1v) is 7.72. The van der Waals surface area contributed by atoms with Crippen molar-refractivity contribution < 1.29 is 8.42 Å². The zero-order valence-electron chi connectivity index (χ0n) is 11.7. The van der Waals surface area contributed by atoms with Crippen LogP contribution in [0.3, 0.4) is 0 Å². The van der Waals surface area contributed by atoms with Crippen molar-refractivity contribution in [1.29, 1.82) is 0 Å². The Morgan fingerprint density at radius 1 is 1.05 bits per heavy atom. The molecule has 0 heterocycles. The largest absolute Gasteiger partial charge is 0.282 e. The minimum Gasteiger partial charge on any atom is -0.238 e. The van der Waals surface area contributed by atoms with Gasteiger partial charge in [-0.2, -0.15) is 12.8 Å². The van der Waals surface area contributed by atoms with Crippen molar-refractivity contribution >= 4 is 21.4 Å². The van der Waals surface area contributed by atoms with Gasteiger partial charge in [-0.05, 0) is 31.5 Å². The van der Waals surface area contributed by atoms with Crippen LogP contribution in [0.25, 0.3) is 4.85 Å². The molecule has 0 atom stereocenters. The number of hydrogen-bond acceptors (Lipinski definition) is 2. The summed E-state index contributed by atoms with van der Waals surface area (Å²) in [5.74, 6) is 0. The Kier molecular flexibility index (Phi) is 4.20. The molecular weight excluding hydrogens is 284 g/mol. The maximum Gasteiger partial charge on any atom is 0.282 e. The fraction of sp³-hybridized carbons (Fsp3) is 0.125. The number of nitrogens with zero attached hydrogens (tertiary/aromatic N) is 2. The van der Waals surface area contributed by atoms with Gasteiger partial charge < -0.3 is 0 Å². The predicted octanol–water partition coefficient (Wildman–Crippen LogP) is 3.74. The second-order valence-electron chi connectivity index (χ2n) is 4.62. The minimum atomic E-state index is -3.71. The molecule has 4 nitrogen and oxygen atoms in total. The van der Waals surface area contributed by atoms with Crippen LogP contribution < -0.4 is 0 Å². The molecule has 0 bridgehead atoms. The van der Waals surface area contributed by atoms with E-state index >= 15 is 0 Å². The lowest BCUT2D eigenvalue weighted by Gasteiger charge is -2.03. The van der Waals surface area contributed by atoms with Crippen molar-refractivity contribution in [2.24, 2.45) is 4.40 Å². The molecule has 0 fully saturated rings. The fourth-order valence-corrected chi connectivity index (χ4v) is 2.82. The van der Waals surface area contributed by atoms with Crippen molar-refractivity contribution in [2.45, 2.75) is 18.7 Å². The molecule has 0 amide bonds. The molecule has 0 aliphatic rings. The number of sulfonamides is 1. The lowest BCUT2D eigenvalue weighted by atomic mass is 10.1. The summed E-state index contributed by atoms with van der Waals surface area (Å²) in [6, 6.07) is 13.2. The SMILES string of the molecule is [C-]#[N+]c1ccc(C(C)=NS(=O)(=O)c2ccc(C)cc2)cc1. The van der Waals surface area contributed by atoms with Crippen molar-refractivity contribution in [3.63, 3.8) is 0 Å². The number of rotatable bonds is 3. The van der Waals surface area contributed by atoms with Crippen molar-refractivity contribution in [2.75, 3.05) is 0 Å². The molecule has 0 saturated carbocycles. The van der Waals surface area contributed by atoms with Gasteiger partial charge in [0.2, 0.25) is 0 Å². The quantitative estimate of drug-likeness (QED) is 0.640. The first-order chi connectivity index (χ1) is 9.92. The highest BCUT2D eigenvalue weighted by atomic mass is 32.2. The Bertz CT molecular complexity index is 812. The molecule has 0 aliphatic heterocycles. The summed E-state index contributed by atoms with van der Waals surface area (Å²) >= 11 is 0. The van der Waals surface area contributed by atoms with Crippen LogP contribution in [0.4, 0.5) is 5.69 Å². The molecule has 2 aromatic carbocycles. The lowest BCUT2D eigenvalue weighted by molar-refractivity contribution is 0.598. The second kappa shape index (κ2) is 5.90. The summed E-state index contributed by atoms with van der Waals surface area (Å²) < 4.78 is 28.3. The molecule has 2 rings (SSSR count). The van der Waals surface area contributed by atoms with Crippen LogP contribution in [-0.2, 0) is 10.0 Å². The third-order valence-corrected chi connectivity index (χ3v) is 4.37. The molecule has 5 heteroatoms. The van der Waals surface area contributed by atoms with Crippen LogP contribution in [0.5, 0.6) is 0 Å². The Morgan fingerprint density at radius 2 is 1.62 bits per heavy atom. The normalized spacial score (nSPS) is 12.0. The van der Waals surface area contributed by atoms with Crippen LogP contribution in [0, 0.1) is 13.5 Å². The molecule has 0 aliphatic carbocycles. The first kappa shape index (κ1) is 14.9. The average Bonchev–Trinajstić information content (AvgIpc) is 2.47. The standard InChI is InChI=1S/C16H14N2O2S/c1-12-4-10-16(11-5-12)21(19,20)18-13(2)14-6-8-15(17-3)9-7-14/h4-11H,1-2H3. The number of benzene rings is 2. The van der Waals surface area contributed by atoms with Crippen LogP contribution >= 0.6 is 0 Å². The van der Waals surface area contributed by atoms with E-state index in [0.717, 1.165) is 5.56 Å². The lowest BCUT2D eigenvalue weighted by Crippen LogP contribution is -2.03. The van der Waals surface area contributed by atoms with Gasteiger partial charge in [0.25, 0.3) is 10.0 Å². The smallest absolute Gasteiger partial charge is 0.238 e. The van der Waals surface area contributed by atoms with E-state index in [1.807, 2.05) is 6.92 Å². The highest BCUT2D eigenvalue weighted by molar-refractivity contribution is 7.90. The van der Waals surface area contributed by atoms with Gasteiger partial charge in [-0.15, -0.1) is 0 Å². The summed E-state index contributed by atoms with van der Waals surface area (Å²) in [6.07, 6.45) is 0. The van der Waals surface area contributed by atoms with E-state index in [9.17, 15) is 8.42 Å². The maximum absolute atomic E-state index is 12.2. The molecule has 0 saturated heterocycles. The van der Waals surface area contributed by atoms with Gasteiger partial charge >= 0.3 is 0 Å². The van der Waals surface area contributed by atoms with Gasteiger partial charge in [-0.3, -0.25) is 0 Å². The molecule has 0 radical (unpaired) electrons. The van der Waals surface area contributed by atoms with Gasteiger partial charge in [0.15, 0.2) is 5.69 Å². The number of aryl methyl sites for hydroxylation is 1. The molecule has 0 aromatic heterocycles. The highest BCUT2D eigenvalue weighted by Crippen LogP contribution is 2.17. The van der Waals surface area contributed by atoms with Crippen LogP contribution in [-0.4, -0.2) is 14.1 Å². The van der Waals surface area contributed by atoms with E-state index in [1.165, 1.54) is 0 Å². The zero-order chi connectivity index (χ0) is 15.5. The van der Waals surface area contributed by atoms with Crippen molar-refractivity contribution in [3.8, 4) is 0 Å². The number of hydrogen-bond donors (Lipinski definition) is 0. The monoisotopic (exact) mass is 298 g/mol. The molecule has 0 unspecified atom stereocenters. The van der Waals surface area contributed by atoms with Gasteiger partial charge in [-0.25, -0.2) is 4.85 Å². The fourth-order valence-electron chi connectivity index (χ4n) is 1.77. The van der Waals surface area contributed by atoms with E-state index in [2.05, 4.69) is 9.24 Å². The Balaban J connectivity index is 2.36. The van der Waals surface area contributed by atoms with E-state index in [-0.39, 0.29) is 4.90 Å². The van der Waals surface area contributed by atoms with Gasteiger partial charge in [-0.1, -0.05) is 42.0 Å². The molecule has 2 aromatic rings. The molecular formula is C16H14N2O2S. The summed E-state index contributed by atoms with van der Waals surface area (Å²) in [5, 5.41) is 0. The Hall–Kier alpha value is -2.45. The highest BCUT2D eigenvalue weighted by Gasteiger charge is 2.13. The third-order valence-electron chi connectivity index (χ3n) is 2.99. The minimum absolute atomic E-state index is 0.172. The second-order valence-corrected chi connectivity index (χ2v) is 6.23. The van der Waals surface area contributed by atoms with Gasteiger partial charge in [0, 0.05) is 0 Å². The van der Waals surface area contributed by atoms with Crippen molar-refractivity contribution in [1.82, 2.24) is 0 Å². The predicted molar refractivity (Wildman–Crippen MR) is 83.3 cm³/mol. The maximum atomic E-state index is 12.2. The Labute approximate surface area is 124 Å². The summed E-state index contributed by atoms with van der Waals surface area (Å²) in [5.41, 5.74) is 2.57. The van der Waals surface area contributed by atoms with Crippen LogP contribution in [0.1, 0.15) is 18.1 Å². The van der Waals surface area contributed by atoms with E-state index < -0.39 is 10.0 Å². The van der Waals surface area contributed by atoms with Gasteiger partial charge in [0.1, 0.15) is 0 Å². The average molecular weight is 298 g/mol. The topological polar surface area (TPSA) is 50.9 Å². The first-order valence-electron chi connectivity index (χ1n) is 6.28. The van der Waals surface area contributed by atoms with E-state index in [0.29, 0.717) is 17.0 Å².